The normalized spacial score (nSPS) is 13.1. The second kappa shape index (κ2) is 3.69. The van der Waals surface area contributed by atoms with Crippen molar-refractivity contribution in [1.29, 1.82) is 0 Å². The highest BCUT2D eigenvalue weighted by molar-refractivity contribution is 7.20. The van der Waals surface area contributed by atoms with Gasteiger partial charge in [-0.2, -0.15) is 0 Å². The van der Waals surface area contributed by atoms with Crippen molar-refractivity contribution < 1.29 is 0 Å². The lowest BCUT2D eigenvalue weighted by Crippen LogP contribution is -1.80. The quantitative estimate of drug-likeness (QED) is 0.746. The van der Waals surface area contributed by atoms with Crippen LogP contribution in [0.4, 0.5) is 0 Å². The molecular formula is C7H6ClN3S2. The van der Waals surface area contributed by atoms with Gasteiger partial charge in [0.25, 0.3) is 0 Å². The Labute approximate surface area is 88.4 Å². The highest BCUT2D eigenvalue weighted by Gasteiger charge is 2.11. The SMILES string of the molecule is CC(Cl)c1nnc(-c2cncs2)s1. The molecule has 0 aromatic carbocycles. The van der Waals surface area contributed by atoms with E-state index in [-0.39, 0.29) is 5.38 Å². The van der Waals surface area contributed by atoms with Crippen molar-refractivity contribution in [3.8, 4) is 9.88 Å². The van der Waals surface area contributed by atoms with E-state index < -0.39 is 0 Å². The van der Waals surface area contributed by atoms with Gasteiger partial charge in [-0.1, -0.05) is 11.3 Å². The fourth-order valence-electron chi connectivity index (χ4n) is 0.816. The first-order valence-corrected chi connectivity index (χ1v) is 5.77. The molecule has 2 heterocycles. The Morgan fingerprint density at radius 1 is 1.46 bits per heavy atom. The number of halogens is 1. The number of aromatic nitrogens is 3. The van der Waals surface area contributed by atoms with Crippen molar-refractivity contribution in [3.63, 3.8) is 0 Å². The van der Waals surface area contributed by atoms with E-state index in [9.17, 15) is 0 Å². The van der Waals surface area contributed by atoms with Gasteiger partial charge in [0.1, 0.15) is 5.01 Å². The van der Waals surface area contributed by atoms with Gasteiger partial charge < -0.3 is 0 Å². The summed E-state index contributed by atoms with van der Waals surface area (Å²) in [5, 5.41) is 9.70. The maximum absolute atomic E-state index is 5.87. The summed E-state index contributed by atoms with van der Waals surface area (Å²) in [6.07, 6.45) is 1.79. The van der Waals surface area contributed by atoms with Crippen LogP contribution < -0.4 is 0 Å². The minimum atomic E-state index is -0.0702. The largest absolute Gasteiger partial charge is 0.252 e. The van der Waals surface area contributed by atoms with Gasteiger partial charge in [-0.3, -0.25) is 4.98 Å². The third kappa shape index (κ3) is 1.87. The number of rotatable bonds is 2. The molecule has 0 aliphatic carbocycles. The zero-order valence-electron chi connectivity index (χ0n) is 6.77. The molecule has 0 spiro atoms. The van der Waals surface area contributed by atoms with Crippen molar-refractivity contribution in [2.45, 2.75) is 12.3 Å². The lowest BCUT2D eigenvalue weighted by molar-refractivity contribution is 0.963. The number of alkyl halides is 1. The van der Waals surface area contributed by atoms with E-state index in [2.05, 4.69) is 15.2 Å². The second-order valence-electron chi connectivity index (χ2n) is 2.43. The molecule has 0 fully saturated rings. The van der Waals surface area contributed by atoms with Crippen LogP contribution in [-0.2, 0) is 0 Å². The summed E-state index contributed by atoms with van der Waals surface area (Å²) in [6, 6.07) is 0. The van der Waals surface area contributed by atoms with Crippen LogP contribution in [0.15, 0.2) is 11.7 Å². The highest BCUT2D eigenvalue weighted by Crippen LogP contribution is 2.30. The number of nitrogens with zero attached hydrogens (tertiary/aromatic N) is 3. The molecule has 6 heteroatoms. The molecule has 0 radical (unpaired) electrons. The standard InChI is InChI=1S/C7H6ClN3S2/c1-4(8)6-10-11-7(13-6)5-2-9-3-12-5/h2-4H,1H3. The molecule has 2 aromatic heterocycles. The Morgan fingerprint density at radius 2 is 2.31 bits per heavy atom. The first-order valence-electron chi connectivity index (χ1n) is 3.63. The van der Waals surface area contributed by atoms with Crippen molar-refractivity contribution >= 4 is 34.3 Å². The molecule has 0 saturated heterocycles. The molecule has 0 bridgehead atoms. The third-order valence-electron chi connectivity index (χ3n) is 1.42. The van der Waals surface area contributed by atoms with Gasteiger partial charge in [-0.05, 0) is 6.92 Å². The fourth-order valence-corrected chi connectivity index (χ4v) is 2.44. The zero-order chi connectivity index (χ0) is 9.26. The first kappa shape index (κ1) is 9.05. The van der Waals surface area contributed by atoms with E-state index in [0.717, 1.165) is 14.9 Å². The Hall–Kier alpha value is -0.520. The predicted molar refractivity (Wildman–Crippen MR) is 55.3 cm³/mol. The molecule has 3 nitrogen and oxygen atoms in total. The molecule has 0 aliphatic heterocycles. The molecule has 2 rings (SSSR count). The van der Waals surface area contributed by atoms with Crippen LogP contribution in [0.5, 0.6) is 0 Å². The molecule has 13 heavy (non-hydrogen) atoms. The van der Waals surface area contributed by atoms with Gasteiger partial charge in [-0.25, -0.2) is 0 Å². The lowest BCUT2D eigenvalue weighted by Gasteiger charge is -1.90. The summed E-state index contributed by atoms with van der Waals surface area (Å²) in [4.78, 5) is 5.02. The van der Waals surface area contributed by atoms with Gasteiger partial charge >= 0.3 is 0 Å². The number of hydrogen-bond donors (Lipinski definition) is 0. The Morgan fingerprint density at radius 3 is 2.85 bits per heavy atom. The van der Waals surface area contributed by atoms with Crippen LogP contribution in [-0.4, -0.2) is 15.2 Å². The number of hydrogen-bond acceptors (Lipinski definition) is 5. The lowest BCUT2D eigenvalue weighted by atomic mass is 10.5. The van der Waals surface area contributed by atoms with Crippen LogP contribution in [0.3, 0.4) is 0 Å². The van der Waals surface area contributed by atoms with Crippen LogP contribution in [0.25, 0.3) is 9.88 Å². The molecule has 1 unspecified atom stereocenters. The van der Waals surface area contributed by atoms with Crippen molar-refractivity contribution in [2.75, 3.05) is 0 Å². The minimum Gasteiger partial charge on any atom is -0.252 e. The van der Waals surface area contributed by atoms with Gasteiger partial charge in [0.05, 0.1) is 15.8 Å². The summed E-state index contributed by atoms with van der Waals surface area (Å²) in [7, 11) is 0. The van der Waals surface area contributed by atoms with Crippen LogP contribution in [0, 0.1) is 0 Å². The summed E-state index contributed by atoms with van der Waals surface area (Å²) in [5.41, 5.74) is 1.78. The van der Waals surface area contributed by atoms with Crippen LogP contribution in [0.2, 0.25) is 0 Å². The summed E-state index contributed by atoms with van der Waals surface area (Å²) < 4.78 is 0. The molecule has 2 aromatic rings. The smallest absolute Gasteiger partial charge is 0.159 e. The van der Waals surface area contributed by atoms with Crippen LogP contribution in [0.1, 0.15) is 17.3 Å². The van der Waals surface area contributed by atoms with E-state index >= 15 is 0 Å². The predicted octanol–water partition coefficient (Wildman–Crippen LogP) is 2.96. The Balaban J connectivity index is 2.33. The second-order valence-corrected chi connectivity index (χ2v) is 4.98. The first-order chi connectivity index (χ1) is 6.27. The van der Waals surface area contributed by atoms with Crippen molar-refractivity contribution in [3.05, 3.63) is 16.7 Å². The maximum Gasteiger partial charge on any atom is 0.159 e. The van der Waals surface area contributed by atoms with E-state index in [1.54, 1.807) is 23.0 Å². The van der Waals surface area contributed by atoms with E-state index in [4.69, 9.17) is 11.6 Å². The fraction of sp³-hybridized carbons (Fsp3) is 0.286. The summed E-state index contributed by atoms with van der Waals surface area (Å²) in [5.74, 6) is 0. The Bertz CT molecular complexity index is 382. The molecule has 0 amide bonds. The average molecular weight is 232 g/mol. The topological polar surface area (TPSA) is 38.7 Å². The van der Waals surface area contributed by atoms with E-state index in [0.29, 0.717) is 0 Å². The average Bonchev–Trinajstić information content (AvgIpc) is 2.75. The molecule has 1 atom stereocenters. The summed E-state index contributed by atoms with van der Waals surface area (Å²) in [6.45, 7) is 1.89. The number of thiazole rings is 1. The van der Waals surface area contributed by atoms with Crippen molar-refractivity contribution in [1.82, 2.24) is 15.2 Å². The molecule has 68 valence electrons. The summed E-state index contributed by atoms with van der Waals surface area (Å²) >= 11 is 8.94. The molecule has 0 saturated carbocycles. The monoisotopic (exact) mass is 231 g/mol. The maximum atomic E-state index is 5.87. The Kier molecular flexibility index (Phi) is 2.57. The zero-order valence-corrected chi connectivity index (χ0v) is 9.16. The third-order valence-corrected chi connectivity index (χ3v) is 3.81. The van der Waals surface area contributed by atoms with Gasteiger partial charge in [0.2, 0.25) is 0 Å². The molecular weight excluding hydrogens is 226 g/mol. The van der Waals surface area contributed by atoms with E-state index in [1.165, 1.54) is 11.3 Å². The molecule has 0 aliphatic rings. The molecule has 0 N–H and O–H groups in total. The van der Waals surface area contributed by atoms with Gasteiger partial charge in [0.15, 0.2) is 5.01 Å². The van der Waals surface area contributed by atoms with Gasteiger partial charge in [-0.15, -0.1) is 33.1 Å². The van der Waals surface area contributed by atoms with Crippen LogP contribution >= 0.6 is 34.3 Å². The highest BCUT2D eigenvalue weighted by atomic mass is 35.5. The van der Waals surface area contributed by atoms with Crippen molar-refractivity contribution in [2.24, 2.45) is 0 Å². The minimum absolute atomic E-state index is 0.0702. The van der Waals surface area contributed by atoms with E-state index in [1.807, 2.05) is 6.92 Å². The van der Waals surface area contributed by atoms with Gasteiger partial charge in [0, 0.05) is 6.20 Å².